The van der Waals surface area contributed by atoms with E-state index in [4.69, 9.17) is 4.74 Å². The number of amides is 1. The zero-order chi connectivity index (χ0) is 23.4. The van der Waals surface area contributed by atoms with Gasteiger partial charge in [-0.05, 0) is 48.2 Å². The lowest BCUT2D eigenvalue weighted by atomic mass is 10.2. The summed E-state index contributed by atoms with van der Waals surface area (Å²) in [5.74, 6) is -1.33. The molecule has 12 heteroatoms. The first-order valence-electron chi connectivity index (χ1n) is 9.42. The van der Waals surface area contributed by atoms with E-state index >= 15 is 0 Å². The van der Waals surface area contributed by atoms with Crippen molar-refractivity contribution in [2.24, 2.45) is 0 Å². The molecule has 0 unspecified atom stereocenters. The number of hydrogen-bond donors (Lipinski definition) is 0. The van der Waals surface area contributed by atoms with Crippen molar-refractivity contribution in [3.63, 3.8) is 0 Å². The Bertz CT molecular complexity index is 1050. The maximum Gasteiger partial charge on any atom is 0.446 e. The van der Waals surface area contributed by atoms with Gasteiger partial charge < -0.3 is 9.64 Å². The minimum absolute atomic E-state index is 0.0168. The number of piperazine rings is 1. The van der Waals surface area contributed by atoms with Crippen LogP contribution in [-0.4, -0.2) is 67.8 Å². The number of thioether (sulfide) groups is 1. The summed E-state index contributed by atoms with van der Waals surface area (Å²) in [7, 11) is -3.65. The van der Waals surface area contributed by atoms with Crippen LogP contribution in [0.5, 0.6) is 0 Å². The molecule has 1 heterocycles. The summed E-state index contributed by atoms with van der Waals surface area (Å²) >= 11 is -0.301. The van der Waals surface area contributed by atoms with Crippen LogP contribution in [0.2, 0.25) is 0 Å². The van der Waals surface area contributed by atoms with Crippen LogP contribution in [0.15, 0.2) is 64.4 Å². The highest BCUT2D eigenvalue weighted by molar-refractivity contribution is 8.00. The van der Waals surface area contributed by atoms with Crippen molar-refractivity contribution in [2.75, 3.05) is 32.8 Å². The molecule has 0 atom stereocenters. The summed E-state index contributed by atoms with van der Waals surface area (Å²) in [4.78, 5) is 25.9. The molecule has 0 bridgehead atoms. The van der Waals surface area contributed by atoms with Gasteiger partial charge in [0.15, 0.2) is 6.61 Å². The highest BCUT2D eigenvalue weighted by atomic mass is 32.2. The predicted octanol–water partition coefficient (Wildman–Crippen LogP) is 2.99. The lowest BCUT2D eigenvalue weighted by Gasteiger charge is -2.33. The molecule has 7 nitrogen and oxygen atoms in total. The van der Waals surface area contributed by atoms with Gasteiger partial charge >= 0.3 is 11.5 Å². The van der Waals surface area contributed by atoms with Crippen LogP contribution >= 0.6 is 11.8 Å². The smallest absolute Gasteiger partial charge is 0.446 e. The number of benzene rings is 2. The number of ether oxygens (including phenoxy) is 1. The number of nitrogens with zero attached hydrogens (tertiary/aromatic N) is 2. The van der Waals surface area contributed by atoms with Gasteiger partial charge in [-0.1, -0.05) is 18.2 Å². The van der Waals surface area contributed by atoms with E-state index in [0.717, 1.165) is 12.1 Å². The van der Waals surface area contributed by atoms with E-state index in [9.17, 15) is 31.2 Å². The fourth-order valence-corrected chi connectivity index (χ4v) is 5.00. The highest BCUT2D eigenvalue weighted by Crippen LogP contribution is 2.36. The molecule has 172 valence electrons. The Hall–Kier alpha value is -2.57. The van der Waals surface area contributed by atoms with E-state index in [0.29, 0.717) is 0 Å². The van der Waals surface area contributed by atoms with E-state index in [-0.39, 0.29) is 53.3 Å². The highest BCUT2D eigenvalue weighted by Gasteiger charge is 2.31. The average Bonchev–Trinajstić information content (AvgIpc) is 2.77. The molecule has 0 radical (unpaired) electrons. The number of esters is 1. The van der Waals surface area contributed by atoms with Crippen molar-refractivity contribution >= 4 is 33.7 Å². The summed E-state index contributed by atoms with van der Waals surface area (Å²) in [6.07, 6.45) is 0. The fraction of sp³-hybridized carbons (Fsp3) is 0.300. The number of hydrogen-bond acceptors (Lipinski definition) is 6. The Balaban J connectivity index is 1.48. The maximum absolute atomic E-state index is 12.6. The van der Waals surface area contributed by atoms with Gasteiger partial charge in [-0.25, -0.2) is 13.2 Å². The fourth-order valence-electron chi connectivity index (χ4n) is 3.01. The minimum atomic E-state index is -4.43. The number of rotatable bonds is 6. The Kier molecular flexibility index (Phi) is 7.47. The van der Waals surface area contributed by atoms with E-state index in [1.165, 1.54) is 33.5 Å². The first kappa shape index (κ1) is 24.1. The quantitative estimate of drug-likeness (QED) is 0.459. The minimum Gasteiger partial charge on any atom is -0.452 e. The molecule has 0 aliphatic carbocycles. The normalized spacial score (nSPS) is 15.4. The molecule has 1 saturated heterocycles. The maximum atomic E-state index is 12.6. The van der Waals surface area contributed by atoms with E-state index in [1.54, 1.807) is 18.2 Å². The number of sulfonamides is 1. The number of carbonyl (C=O) groups excluding carboxylic acids is 2. The Morgan fingerprint density at radius 3 is 2.09 bits per heavy atom. The molecule has 1 aliphatic rings. The second kappa shape index (κ2) is 9.92. The molecule has 0 spiro atoms. The van der Waals surface area contributed by atoms with Crippen molar-refractivity contribution in [3.05, 3.63) is 60.2 Å². The second-order valence-corrected chi connectivity index (χ2v) is 9.82. The van der Waals surface area contributed by atoms with Crippen molar-refractivity contribution < 1.29 is 35.9 Å². The van der Waals surface area contributed by atoms with Gasteiger partial charge in [-0.3, -0.25) is 4.79 Å². The molecule has 2 aromatic rings. The SMILES string of the molecule is O=C(OCC(=O)N1CCN(S(=O)(=O)c2ccccc2)CC1)c1ccc(SC(F)(F)F)cc1. The van der Waals surface area contributed by atoms with Crippen LogP contribution in [0, 0.1) is 0 Å². The topological polar surface area (TPSA) is 84.0 Å². The Morgan fingerprint density at radius 1 is 0.938 bits per heavy atom. The van der Waals surface area contributed by atoms with Crippen molar-refractivity contribution in [1.82, 2.24) is 9.21 Å². The van der Waals surface area contributed by atoms with Crippen molar-refractivity contribution in [1.29, 1.82) is 0 Å². The third-order valence-corrected chi connectivity index (χ3v) is 7.27. The van der Waals surface area contributed by atoms with Crippen molar-refractivity contribution in [2.45, 2.75) is 15.3 Å². The molecule has 1 fully saturated rings. The zero-order valence-electron chi connectivity index (χ0n) is 16.6. The van der Waals surface area contributed by atoms with Crippen LogP contribution in [0.1, 0.15) is 10.4 Å². The summed E-state index contributed by atoms with van der Waals surface area (Å²) in [5, 5.41) is 0. The Morgan fingerprint density at radius 2 is 1.53 bits per heavy atom. The van der Waals surface area contributed by atoms with Crippen LogP contribution in [0.25, 0.3) is 0 Å². The molecule has 32 heavy (non-hydrogen) atoms. The number of alkyl halides is 3. The van der Waals surface area contributed by atoms with Gasteiger partial charge in [0.1, 0.15) is 0 Å². The predicted molar refractivity (Wildman–Crippen MR) is 110 cm³/mol. The summed E-state index contributed by atoms with van der Waals surface area (Å²) in [6.45, 7) is -0.0502. The summed E-state index contributed by atoms with van der Waals surface area (Å²) < 4.78 is 68.6. The first-order chi connectivity index (χ1) is 15.1. The van der Waals surface area contributed by atoms with Gasteiger partial charge in [0.25, 0.3) is 5.91 Å². The van der Waals surface area contributed by atoms with Gasteiger partial charge in [-0.2, -0.15) is 17.5 Å². The standard InChI is InChI=1S/C20H19F3N2O5S2/c21-20(22,23)31-16-8-6-15(7-9-16)19(27)30-14-18(26)24-10-12-25(13-11-24)32(28,29)17-4-2-1-3-5-17/h1-9H,10-14H2. The molecule has 2 aromatic carbocycles. The lowest BCUT2D eigenvalue weighted by Crippen LogP contribution is -2.51. The van der Waals surface area contributed by atoms with E-state index < -0.39 is 34.0 Å². The van der Waals surface area contributed by atoms with Crippen LogP contribution < -0.4 is 0 Å². The molecule has 0 saturated carbocycles. The summed E-state index contributed by atoms with van der Waals surface area (Å²) in [6, 6.07) is 12.6. The number of carbonyl (C=O) groups is 2. The molecule has 1 amide bonds. The zero-order valence-corrected chi connectivity index (χ0v) is 18.3. The van der Waals surface area contributed by atoms with Gasteiger partial charge in [0.05, 0.1) is 10.5 Å². The van der Waals surface area contributed by atoms with E-state index in [1.807, 2.05) is 0 Å². The monoisotopic (exact) mass is 488 g/mol. The summed E-state index contributed by atoms with van der Waals surface area (Å²) in [5.41, 5.74) is -4.41. The van der Waals surface area contributed by atoms with Crippen LogP contribution in [-0.2, 0) is 19.6 Å². The van der Waals surface area contributed by atoms with Crippen LogP contribution in [0.3, 0.4) is 0 Å². The molecular formula is C20H19F3N2O5S2. The lowest BCUT2D eigenvalue weighted by molar-refractivity contribution is -0.135. The van der Waals surface area contributed by atoms with Gasteiger partial charge in [0, 0.05) is 31.1 Å². The molecule has 0 aromatic heterocycles. The third-order valence-electron chi connectivity index (χ3n) is 4.62. The number of halogens is 3. The Labute approximate surface area is 187 Å². The molecular weight excluding hydrogens is 469 g/mol. The molecule has 1 aliphatic heterocycles. The largest absolute Gasteiger partial charge is 0.452 e. The van der Waals surface area contributed by atoms with Gasteiger partial charge in [-0.15, -0.1) is 0 Å². The van der Waals surface area contributed by atoms with E-state index in [2.05, 4.69) is 0 Å². The molecule has 0 N–H and O–H groups in total. The van der Waals surface area contributed by atoms with Crippen molar-refractivity contribution in [3.8, 4) is 0 Å². The first-order valence-corrected chi connectivity index (χ1v) is 11.7. The van der Waals surface area contributed by atoms with Crippen LogP contribution in [0.4, 0.5) is 13.2 Å². The molecule has 3 rings (SSSR count). The second-order valence-electron chi connectivity index (χ2n) is 6.75. The third kappa shape index (κ3) is 6.24. The average molecular weight is 489 g/mol. The van der Waals surface area contributed by atoms with Gasteiger partial charge in [0.2, 0.25) is 10.0 Å².